The van der Waals surface area contributed by atoms with Crippen LogP contribution in [0.1, 0.15) is 0 Å². The molecule has 0 radical (unpaired) electrons. The monoisotopic (exact) mass is 156 g/mol. The summed E-state index contributed by atoms with van der Waals surface area (Å²) in [7, 11) is 0. The molecule has 2 nitrogen and oxygen atoms in total. The van der Waals surface area contributed by atoms with E-state index in [-0.39, 0.29) is 6.61 Å². The van der Waals surface area contributed by atoms with Gasteiger partial charge in [0.25, 0.3) is 0 Å². The van der Waals surface area contributed by atoms with Crippen molar-refractivity contribution in [2.45, 2.75) is 5.56 Å². The lowest BCUT2D eigenvalue weighted by molar-refractivity contribution is 0.281. The van der Waals surface area contributed by atoms with E-state index in [0.717, 1.165) is 0 Å². The van der Waals surface area contributed by atoms with Crippen LogP contribution in [-0.2, 0) is 0 Å². The fourth-order valence-electron chi connectivity index (χ4n) is 0.245. The van der Waals surface area contributed by atoms with Crippen LogP contribution in [0.5, 0.6) is 0 Å². The molecule has 1 atom stereocenters. The minimum absolute atomic E-state index is 0.147. The van der Waals surface area contributed by atoms with Crippen LogP contribution in [0.4, 0.5) is 0 Å². The number of thioether (sulfide) groups is 1. The van der Waals surface area contributed by atoms with E-state index in [0.29, 0.717) is 11.5 Å². The molecule has 0 amide bonds. The van der Waals surface area contributed by atoms with Crippen LogP contribution in [0.15, 0.2) is 0 Å². The highest BCUT2D eigenvalue weighted by molar-refractivity contribution is 7.99. The Kier molecular flexibility index (Phi) is 6.09. The van der Waals surface area contributed by atoms with Crippen molar-refractivity contribution in [1.29, 1.82) is 0 Å². The molecule has 0 bridgehead atoms. The van der Waals surface area contributed by atoms with Gasteiger partial charge in [-0.15, -0.1) is 0 Å². The summed E-state index contributed by atoms with van der Waals surface area (Å²) in [6.45, 7) is 0.147. The molecule has 0 aliphatic rings. The molecule has 0 saturated heterocycles. The predicted molar refractivity (Wildman–Crippen MR) is 36.3 cm³/mol. The number of aliphatic hydroxyl groups is 2. The van der Waals surface area contributed by atoms with Gasteiger partial charge in [0.15, 0.2) is 0 Å². The fourth-order valence-corrected chi connectivity index (χ4v) is 1.00. The quantitative estimate of drug-likeness (QED) is 0.454. The maximum atomic E-state index is 8.44. The van der Waals surface area contributed by atoms with E-state index < -0.39 is 5.56 Å². The highest BCUT2D eigenvalue weighted by Crippen LogP contribution is 2.03. The molecule has 8 heavy (non-hydrogen) atoms. The highest BCUT2D eigenvalue weighted by atomic mass is 35.5. The molecule has 0 fully saturated rings. The molecule has 0 aliphatic heterocycles. The van der Waals surface area contributed by atoms with Gasteiger partial charge in [0.05, 0.1) is 6.61 Å². The lowest BCUT2D eigenvalue weighted by atomic mass is 10.9. The summed E-state index contributed by atoms with van der Waals surface area (Å²) in [6, 6.07) is 0. The smallest absolute Gasteiger partial charge is 0.136 e. The molecule has 0 rings (SSSR count). The molecular weight excluding hydrogens is 148 g/mol. The van der Waals surface area contributed by atoms with E-state index in [9.17, 15) is 0 Å². The minimum atomic E-state index is -0.772. The molecular formula is C4H9ClO2S. The van der Waals surface area contributed by atoms with Crippen LogP contribution < -0.4 is 0 Å². The summed E-state index contributed by atoms with van der Waals surface area (Å²) >= 11 is 6.60. The van der Waals surface area contributed by atoms with Crippen molar-refractivity contribution in [1.82, 2.24) is 0 Å². The molecule has 4 heteroatoms. The average molecular weight is 157 g/mol. The molecule has 0 aliphatic carbocycles. The van der Waals surface area contributed by atoms with E-state index >= 15 is 0 Å². The second-order valence-electron chi connectivity index (χ2n) is 1.23. The number of rotatable bonds is 4. The topological polar surface area (TPSA) is 40.5 Å². The molecule has 0 aromatic rings. The van der Waals surface area contributed by atoms with Gasteiger partial charge in [-0.25, -0.2) is 0 Å². The van der Waals surface area contributed by atoms with Crippen LogP contribution in [-0.4, -0.2) is 33.9 Å². The van der Waals surface area contributed by atoms with Gasteiger partial charge in [-0.1, -0.05) is 11.6 Å². The second kappa shape index (κ2) is 5.69. The van der Waals surface area contributed by atoms with Crippen molar-refractivity contribution in [3.63, 3.8) is 0 Å². The minimum Gasteiger partial charge on any atom is -0.396 e. The van der Waals surface area contributed by atoms with Crippen molar-refractivity contribution in [2.24, 2.45) is 0 Å². The number of hydrogen-bond acceptors (Lipinski definition) is 3. The van der Waals surface area contributed by atoms with Gasteiger partial charge in [-0.2, -0.15) is 11.8 Å². The Morgan fingerprint density at radius 1 is 1.62 bits per heavy atom. The Hall–Kier alpha value is 0.560. The molecule has 1 unspecified atom stereocenters. The first-order chi connectivity index (χ1) is 3.77. The zero-order valence-electron chi connectivity index (χ0n) is 4.38. The summed E-state index contributed by atoms with van der Waals surface area (Å²) < 4.78 is 0. The standard InChI is InChI=1S/C4H9ClO2S/c5-4(7)3-8-2-1-6/h4,6-7H,1-3H2. The SMILES string of the molecule is OCCSCC(O)Cl. The lowest BCUT2D eigenvalue weighted by Crippen LogP contribution is -2.00. The molecule has 0 heterocycles. The Morgan fingerprint density at radius 3 is 2.62 bits per heavy atom. The number of halogens is 1. The Balaban J connectivity index is 2.72. The lowest BCUT2D eigenvalue weighted by Gasteiger charge is -1.98. The van der Waals surface area contributed by atoms with Crippen molar-refractivity contribution in [2.75, 3.05) is 18.1 Å². The zero-order chi connectivity index (χ0) is 6.41. The third-order valence-corrected chi connectivity index (χ3v) is 1.85. The molecule has 0 aromatic carbocycles. The molecule has 0 aromatic heterocycles. The van der Waals surface area contributed by atoms with E-state index in [4.69, 9.17) is 21.8 Å². The first-order valence-corrected chi connectivity index (χ1v) is 3.87. The average Bonchev–Trinajstić information content (AvgIpc) is 1.66. The maximum Gasteiger partial charge on any atom is 0.136 e. The highest BCUT2D eigenvalue weighted by Gasteiger charge is 1.95. The van der Waals surface area contributed by atoms with Gasteiger partial charge >= 0.3 is 0 Å². The van der Waals surface area contributed by atoms with Crippen molar-refractivity contribution in [3.8, 4) is 0 Å². The van der Waals surface area contributed by atoms with E-state index in [1.54, 1.807) is 0 Å². The van der Waals surface area contributed by atoms with E-state index in [1.807, 2.05) is 0 Å². The van der Waals surface area contributed by atoms with Gasteiger partial charge in [-0.05, 0) is 0 Å². The third kappa shape index (κ3) is 6.56. The van der Waals surface area contributed by atoms with Crippen LogP contribution in [0, 0.1) is 0 Å². The van der Waals surface area contributed by atoms with Crippen LogP contribution in [0.3, 0.4) is 0 Å². The normalized spacial score (nSPS) is 13.9. The molecule has 0 saturated carbocycles. The van der Waals surface area contributed by atoms with Crippen LogP contribution in [0.2, 0.25) is 0 Å². The third-order valence-electron chi connectivity index (χ3n) is 0.491. The van der Waals surface area contributed by atoms with Gasteiger partial charge in [0.2, 0.25) is 0 Å². The number of aliphatic hydroxyl groups excluding tert-OH is 2. The Bertz CT molecular complexity index is 51.3. The summed E-state index contributed by atoms with van der Waals surface area (Å²) in [5, 5.41) is 16.7. The second-order valence-corrected chi connectivity index (χ2v) is 2.89. The maximum absolute atomic E-state index is 8.44. The first kappa shape index (κ1) is 8.56. The van der Waals surface area contributed by atoms with Crippen LogP contribution in [0.25, 0.3) is 0 Å². The van der Waals surface area contributed by atoms with Crippen molar-refractivity contribution in [3.05, 3.63) is 0 Å². The summed E-state index contributed by atoms with van der Waals surface area (Å²) in [6.07, 6.45) is 0. The molecule has 50 valence electrons. The fraction of sp³-hybridized carbons (Fsp3) is 1.00. The molecule has 0 spiro atoms. The van der Waals surface area contributed by atoms with Gasteiger partial charge < -0.3 is 10.2 Å². The Labute approximate surface area is 57.8 Å². The van der Waals surface area contributed by atoms with Crippen molar-refractivity contribution < 1.29 is 10.2 Å². The molecule has 2 N–H and O–H groups in total. The van der Waals surface area contributed by atoms with Gasteiger partial charge in [-0.3, -0.25) is 0 Å². The summed E-state index contributed by atoms with van der Waals surface area (Å²) in [5.74, 6) is 1.13. The summed E-state index contributed by atoms with van der Waals surface area (Å²) in [4.78, 5) is 0. The number of hydrogen-bond donors (Lipinski definition) is 2. The van der Waals surface area contributed by atoms with E-state index in [2.05, 4.69) is 0 Å². The van der Waals surface area contributed by atoms with E-state index in [1.165, 1.54) is 11.8 Å². The summed E-state index contributed by atoms with van der Waals surface area (Å²) in [5.41, 5.74) is -0.772. The first-order valence-electron chi connectivity index (χ1n) is 2.28. The Morgan fingerprint density at radius 2 is 2.25 bits per heavy atom. The number of alkyl halides is 1. The zero-order valence-corrected chi connectivity index (χ0v) is 5.95. The predicted octanol–water partition coefficient (Wildman–Crippen LogP) is 0.269. The van der Waals surface area contributed by atoms with Crippen LogP contribution >= 0.6 is 23.4 Å². The van der Waals surface area contributed by atoms with Gasteiger partial charge in [0, 0.05) is 11.5 Å². The largest absolute Gasteiger partial charge is 0.396 e. The van der Waals surface area contributed by atoms with Crippen molar-refractivity contribution >= 4 is 23.4 Å². The van der Waals surface area contributed by atoms with Gasteiger partial charge in [0.1, 0.15) is 5.56 Å².